The molecule has 0 aliphatic carbocycles. The molecule has 2 aromatic carbocycles. The lowest BCUT2D eigenvalue weighted by Crippen LogP contribution is -2.34. The van der Waals surface area contributed by atoms with Gasteiger partial charge in [-0.3, -0.25) is 4.90 Å². The minimum absolute atomic E-state index is 0.291. The first-order chi connectivity index (χ1) is 15.8. The van der Waals surface area contributed by atoms with Gasteiger partial charge in [-0.25, -0.2) is 14.4 Å². The van der Waals surface area contributed by atoms with E-state index in [1.165, 1.54) is 12.7 Å². The van der Waals surface area contributed by atoms with Gasteiger partial charge in [-0.15, -0.1) is 0 Å². The molecule has 1 aliphatic heterocycles. The molecular weight excluding hydrogens is 450 g/mol. The average Bonchev–Trinajstić information content (AvgIpc) is 2.82. The molecule has 0 bridgehead atoms. The van der Waals surface area contributed by atoms with Gasteiger partial charge in [0.25, 0.3) is 0 Å². The fourth-order valence-corrected chi connectivity index (χ4v) is 3.48. The second-order valence-electron chi connectivity index (χ2n) is 7.66. The van der Waals surface area contributed by atoms with Crippen molar-refractivity contribution in [2.75, 3.05) is 26.8 Å². The SMILES string of the molecule is COC(=O)c1ccc(CN2CCC(COCc3ccc(Cl)cc3)CC2)cc1.O=C(O)C(=O)O. The lowest BCUT2D eigenvalue weighted by atomic mass is 9.97. The van der Waals surface area contributed by atoms with E-state index >= 15 is 0 Å². The van der Waals surface area contributed by atoms with E-state index in [4.69, 9.17) is 40.9 Å². The molecule has 0 saturated carbocycles. The zero-order valence-electron chi connectivity index (χ0n) is 18.4. The van der Waals surface area contributed by atoms with Crippen LogP contribution in [0.1, 0.15) is 34.3 Å². The Balaban J connectivity index is 0.000000569. The van der Waals surface area contributed by atoms with Crippen LogP contribution in [0.4, 0.5) is 0 Å². The summed E-state index contributed by atoms with van der Waals surface area (Å²) >= 11 is 5.90. The quantitative estimate of drug-likeness (QED) is 0.458. The molecule has 33 heavy (non-hydrogen) atoms. The highest BCUT2D eigenvalue weighted by atomic mass is 35.5. The Hall–Kier alpha value is -2.94. The van der Waals surface area contributed by atoms with Gasteiger partial charge in [0.1, 0.15) is 0 Å². The molecule has 0 amide bonds. The lowest BCUT2D eigenvalue weighted by Gasteiger charge is -2.31. The highest BCUT2D eigenvalue weighted by Crippen LogP contribution is 2.20. The fourth-order valence-electron chi connectivity index (χ4n) is 3.36. The maximum atomic E-state index is 11.5. The van der Waals surface area contributed by atoms with E-state index in [9.17, 15) is 4.79 Å². The van der Waals surface area contributed by atoms with Crippen LogP contribution in [0, 0.1) is 5.92 Å². The van der Waals surface area contributed by atoms with E-state index < -0.39 is 11.9 Å². The summed E-state index contributed by atoms with van der Waals surface area (Å²) in [5, 5.41) is 15.5. The van der Waals surface area contributed by atoms with E-state index in [0.29, 0.717) is 18.1 Å². The number of hydrogen-bond acceptors (Lipinski definition) is 6. The third-order valence-electron chi connectivity index (χ3n) is 5.21. The Bertz CT molecular complexity index is 895. The molecule has 0 spiro atoms. The number of halogens is 1. The molecule has 0 atom stereocenters. The van der Waals surface area contributed by atoms with E-state index in [1.807, 2.05) is 48.5 Å². The van der Waals surface area contributed by atoms with Crippen LogP contribution in [0.15, 0.2) is 48.5 Å². The van der Waals surface area contributed by atoms with Crippen LogP contribution in [0.3, 0.4) is 0 Å². The number of piperidine rings is 1. The number of likely N-dealkylation sites (tertiary alicyclic amines) is 1. The van der Waals surface area contributed by atoms with Crippen LogP contribution < -0.4 is 0 Å². The predicted molar refractivity (Wildman–Crippen MR) is 122 cm³/mol. The summed E-state index contributed by atoms with van der Waals surface area (Å²) in [4.78, 5) is 32.2. The van der Waals surface area contributed by atoms with Crippen molar-refractivity contribution < 1.29 is 34.1 Å². The van der Waals surface area contributed by atoms with Crippen molar-refractivity contribution in [3.05, 3.63) is 70.2 Å². The number of hydrogen-bond donors (Lipinski definition) is 2. The van der Waals surface area contributed by atoms with Gasteiger partial charge in [-0.05, 0) is 67.2 Å². The molecule has 178 valence electrons. The average molecular weight is 478 g/mol. The van der Waals surface area contributed by atoms with Crippen LogP contribution in [-0.2, 0) is 32.2 Å². The highest BCUT2D eigenvalue weighted by molar-refractivity contribution is 6.30. The largest absolute Gasteiger partial charge is 0.473 e. The van der Waals surface area contributed by atoms with Gasteiger partial charge < -0.3 is 19.7 Å². The van der Waals surface area contributed by atoms with E-state index in [1.54, 1.807) is 0 Å². The number of methoxy groups -OCH3 is 1. The topological polar surface area (TPSA) is 113 Å². The smallest absolute Gasteiger partial charge is 0.414 e. The Morgan fingerprint density at radius 2 is 1.48 bits per heavy atom. The normalized spacial score (nSPS) is 14.1. The van der Waals surface area contributed by atoms with Crippen molar-refractivity contribution in [2.24, 2.45) is 5.92 Å². The number of rotatable bonds is 7. The number of esters is 1. The third kappa shape index (κ3) is 9.61. The number of carboxylic acids is 2. The number of nitrogens with zero attached hydrogens (tertiary/aromatic N) is 1. The molecule has 1 saturated heterocycles. The summed E-state index contributed by atoms with van der Waals surface area (Å²) < 4.78 is 10.6. The third-order valence-corrected chi connectivity index (χ3v) is 5.46. The number of carboxylic acid groups (broad SMARTS) is 2. The molecule has 1 heterocycles. The first kappa shape index (κ1) is 26.3. The Labute approximate surface area is 197 Å². The molecule has 1 fully saturated rings. The van der Waals surface area contributed by atoms with Crippen molar-refractivity contribution >= 4 is 29.5 Å². The molecule has 0 radical (unpaired) electrons. The van der Waals surface area contributed by atoms with E-state index in [0.717, 1.165) is 49.7 Å². The maximum Gasteiger partial charge on any atom is 0.414 e. The summed E-state index contributed by atoms with van der Waals surface area (Å²) in [6.07, 6.45) is 2.31. The van der Waals surface area contributed by atoms with Gasteiger partial charge in [0, 0.05) is 18.2 Å². The summed E-state index contributed by atoms with van der Waals surface area (Å²) in [6.45, 7) is 4.52. The number of aliphatic carboxylic acids is 2. The second kappa shape index (κ2) is 13.6. The Kier molecular flexibility index (Phi) is 10.8. The molecule has 8 nitrogen and oxygen atoms in total. The van der Waals surface area contributed by atoms with Crippen LogP contribution in [0.25, 0.3) is 0 Å². The molecule has 2 aromatic rings. The van der Waals surface area contributed by atoms with Crippen molar-refractivity contribution in [3.63, 3.8) is 0 Å². The zero-order valence-corrected chi connectivity index (χ0v) is 19.2. The molecule has 9 heteroatoms. The van der Waals surface area contributed by atoms with E-state index in [-0.39, 0.29) is 5.97 Å². The van der Waals surface area contributed by atoms with E-state index in [2.05, 4.69) is 4.90 Å². The number of carbonyl (C=O) groups is 3. The minimum Gasteiger partial charge on any atom is -0.473 e. The van der Waals surface area contributed by atoms with Gasteiger partial charge in [0.2, 0.25) is 0 Å². The fraction of sp³-hybridized carbons (Fsp3) is 0.375. The van der Waals surface area contributed by atoms with Crippen molar-refractivity contribution in [1.82, 2.24) is 4.90 Å². The Morgan fingerprint density at radius 1 is 0.939 bits per heavy atom. The van der Waals surface area contributed by atoms with Gasteiger partial charge in [-0.2, -0.15) is 0 Å². The van der Waals surface area contributed by atoms with Crippen molar-refractivity contribution in [1.29, 1.82) is 0 Å². The first-order valence-corrected chi connectivity index (χ1v) is 10.8. The van der Waals surface area contributed by atoms with Crippen LogP contribution in [-0.4, -0.2) is 59.8 Å². The summed E-state index contributed by atoms with van der Waals surface area (Å²) in [5.41, 5.74) is 2.98. The van der Waals surface area contributed by atoms with Crippen LogP contribution >= 0.6 is 11.6 Å². The van der Waals surface area contributed by atoms with Crippen LogP contribution in [0.2, 0.25) is 5.02 Å². The summed E-state index contributed by atoms with van der Waals surface area (Å²) in [5.74, 6) is -3.32. The van der Waals surface area contributed by atoms with Crippen molar-refractivity contribution in [3.8, 4) is 0 Å². The summed E-state index contributed by atoms with van der Waals surface area (Å²) in [7, 11) is 1.40. The zero-order chi connectivity index (χ0) is 24.2. The molecule has 1 aliphatic rings. The standard InChI is InChI=1S/C22H26ClNO3.C2H2O4/c1-26-22(25)20-6-2-17(3-7-20)14-24-12-10-19(11-13-24)16-27-15-18-4-8-21(23)9-5-18;3-1(4)2(5)6/h2-9,19H,10-16H2,1H3;(H,3,4)(H,5,6). The highest BCUT2D eigenvalue weighted by Gasteiger charge is 2.19. The minimum atomic E-state index is -1.82. The van der Waals surface area contributed by atoms with Crippen LogP contribution in [0.5, 0.6) is 0 Å². The number of ether oxygens (including phenoxy) is 2. The van der Waals surface area contributed by atoms with Gasteiger partial charge in [0.05, 0.1) is 19.3 Å². The van der Waals surface area contributed by atoms with Crippen molar-refractivity contribution in [2.45, 2.75) is 26.0 Å². The second-order valence-corrected chi connectivity index (χ2v) is 8.10. The Morgan fingerprint density at radius 3 is 2.00 bits per heavy atom. The number of benzene rings is 2. The summed E-state index contributed by atoms with van der Waals surface area (Å²) in [6, 6.07) is 15.5. The lowest BCUT2D eigenvalue weighted by molar-refractivity contribution is -0.159. The predicted octanol–water partition coefficient (Wildman–Crippen LogP) is 3.71. The molecule has 0 aromatic heterocycles. The molecule has 0 unspecified atom stereocenters. The number of carbonyl (C=O) groups excluding carboxylic acids is 1. The van der Waals surface area contributed by atoms with Gasteiger partial charge in [-0.1, -0.05) is 35.9 Å². The molecular formula is C24H28ClNO7. The molecule has 2 N–H and O–H groups in total. The van der Waals surface area contributed by atoms with Gasteiger partial charge >= 0.3 is 17.9 Å². The first-order valence-electron chi connectivity index (χ1n) is 10.5. The molecule has 3 rings (SSSR count). The van der Waals surface area contributed by atoms with Gasteiger partial charge in [0.15, 0.2) is 0 Å². The maximum absolute atomic E-state index is 11.5. The monoisotopic (exact) mass is 477 g/mol.